The maximum Gasteiger partial charge on any atom is 0.416 e. The Hall–Kier alpha value is -1.04. The molecule has 4 aliphatic carbocycles. The summed E-state index contributed by atoms with van der Waals surface area (Å²) in [5.41, 5.74) is -0.215. The van der Waals surface area contributed by atoms with E-state index >= 15 is 0 Å². The van der Waals surface area contributed by atoms with Gasteiger partial charge in [0.1, 0.15) is 0 Å². The van der Waals surface area contributed by atoms with Crippen molar-refractivity contribution >= 4 is 27.5 Å². The van der Waals surface area contributed by atoms with Gasteiger partial charge in [0.05, 0.1) is 5.56 Å². The number of anilines is 1. The molecule has 1 N–H and O–H groups in total. The van der Waals surface area contributed by atoms with E-state index in [1.165, 1.54) is 31.4 Å². The molecular formula is C19H21BrF3NO. The molecule has 0 spiro atoms. The SMILES string of the molecule is O=C(CC12C[C@@H]3C[C@@H](CC(Br)(C3)C1)C2)Nc1ccc(C(F)(F)F)cc1. The standard InChI is InChI=1S/C19H21BrF3NO/c20-18-8-12-5-13(9-18)7-17(6-12,11-18)10-16(25)24-15-3-1-14(2-4-15)19(21,22)23/h1-4,12-13H,5-11H2,(H,24,25)/t12-,13+,17?,18?. The number of nitrogens with one attached hydrogen (secondary N) is 1. The summed E-state index contributed by atoms with van der Waals surface area (Å²) in [4.78, 5) is 12.5. The van der Waals surface area contributed by atoms with Gasteiger partial charge >= 0.3 is 6.18 Å². The zero-order valence-corrected chi connectivity index (χ0v) is 15.4. The van der Waals surface area contributed by atoms with Crippen LogP contribution in [-0.4, -0.2) is 10.2 Å². The highest BCUT2D eigenvalue weighted by Gasteiger charge is 2.57. The Kier molecular flexibility index (Phi) is 3.98. The van der Waals surface area contributed by atoms with Gasteiger partial charge in [-0.3, -0.25) is 4.79 Å². The van der Waals surface area contributed by atoms with Crippen LogP contribution in [0.15, 0.2) is 24.3 Å². The van der Waals surface area contributed by atoms with Gasteiger partial charge in [-0.2, -0.15) is 13.2 Å². The van der Waals surface area contributed by atoms with E-state index in [0.29, 0.717) is 23.9 Å². The fraction of sp³-hybridized carbons (Fsp3) is 0.632. The van der Waals surface area contributed by atoms with Crippen molar-refractivity contribution < 1.29 is 18.0 Å². The number of amides is 1. The van der Waals surface area contributed by atoms with E-state index in [1.54, 1.807) is 0 Å². The van der Waals surface area contributed by atoms with Crippen molar-refractivity contribution in [3.63, 3.8) is 0 Å². The topological polar surface area (TPSA) is 29.1 Å². The van der Waals surface area contributed by atoms with Gasteiger partial charge in [0, 0.05) is 16.4 Å². The van der Waals surface area contributed by atoms with Crippen molar-refractivity contribution in [2.75, 3.05) is 5.32 Å². The Labute approximate surface area is 153 Å². The summed E-state index contributed by atoms with van der Waals surface area (Å²) >= 11 is 3.94. The van der Waals surface area contributed by atoms with Gasteiger partial charge < -0.3 is 5.32 Å². The summed E-state index contributed by atoms with van der Waals surface area (Å²) in [6.45, 7) is 0. The van der Waals surface area contributed by atoms with E-state index in [0.717, 1.165) is 31.4 Å². The molecule has 0 radical (unpaired) electrons. The van der Waals surface area contributed by atoms with E-state index < -0.39 is 11.7 Å². The first-order valence-electron chi connectivity index (χ1n) is 8.81. The number of hydrogen-bond donors (Lipinski definition) is 1. The molecule has 4 fully saturated rings. The van der Waals surface area contributed by atoms with Crippen molar-refractivity contribution in [2.24, 2.45) is 17.3 Å². The van der Waals surface area contributed by atoms with Gasteiger partial charge in [-0.05, 0) is 80.0 Å². The Morgan fingerprint density at radius 2 is 1.72 bits per heavy atom. The molecule has 136 valence electrons. The molecule has 5 rings (SSSR count). The van der Waals surface area contributed by atoms with Crippen LogP contribution in [0.2, 0.25) is 0 Å². The summed E-state index contributed by atoms with van der Waals surface area (Å²) in [6.07, 6.45) is 3.08. The third-order valence-electron chi connectivity index (χ3n) is 6.14. The summed E-state index contributed by atoms with van der Waals surface area (Å²) in [7, 11) is 0. The predicted molar refractivity (Wildman–Crippen MR) is 93.5 cm³/mol. The van der Waals surface area contributed by atoms with Gasteiger partial charge in [0.2, 0.25) is 5.91 Å². The lowest BCUT2D eigenvalue weighted by atomic mass is 9.48. The number of halogens is 4. The minimum atomic E-state index is -4.36. The predicted octanol–water partition coefficient (Wildman–Crippen LogP) is 5.77. The van der Waals surface area contributed by atoms with Crippen LogP contribution >= 0.6 is 15.9 Å². The molecule has 4 bridgehead atoms. The van der Waals surface area contributed by atoms with Gasteiger partial charge in [-0.15, -0.1) is 0 Å². The van der Waals surface area contributed by atoms with E-state index in [1.807, 2.05) is 0 Å². The summed E-state index contributed by atoms with van der Waals surface area (Å²) < 4.78 is 38.0. The third-order valence-corrected chi connectivity index (χ3v) is 7.07. The largest absolute Gasteiger partial charge is 0.416 e. The van der Waals surface area contributed by atoms with Crippen LogP contribution in [0.1, 0.15) is 50.5 Å². The first kappa shape index (κ1) is 17.4. The fourth-order valence-electron chi connectivity index (χ4n) is 5.83. The average Bonchev–Trinajstić information content (AvgIpc) is 2.43. The first-order valence-corrected chi connectivity index (χ1v) is 9.60. The summed E-state index contributed by atoms with van der Waals surface area (Å²) in [6, 6.07) is 4.67. The average molecular weight is 416 g/mol. The monoisotopic (exact) mass is 415 g/mol. The van der Waals surface area contributed by atoms with Crippen molar-refractivity contribution in [1.29, 1.82) is 0 Å². The molecule has 6 heteroatoms. The van der Waals surface area contributed by atoms with Crippen LogP contribution in [0, 0.1) is 17.3 Å². The number of hydrogen-bond acceptors (Lipinski definition) is 1. The second-order valence-corrected chi connectivity index (χ2v) is 10.1. The van der Waals surface area contributed by atoms with Crippen LogP contribution in [0.25, 0.3) is 0 Å². The maximum absolute atomic E-state index is 12.6. The highest BCUT2D eigenvalue weighted by atomic mass is 79.9. The number of carbonyl (C=O) groups excluding carboxylic acids is 1. The second kappa shape index (κ2) is 5.73. The van der Waals surface area contributed by atoms with Crippen LogP contribution in [0.4, 0.5) is 18.9 Å². The minimum Gasteiger partial charge on any atom is -0.326 e. The molecule has 0 aliphatic heterocycles. The van der Waals surface area contributed by atoms with Crippen molar-refractivity contribution in [3.8, 4) is 0 Å². The Balaban J connectivity index is 1.43. The summed E-state index contributed by atoms with van der Waals surface area (Å²) in [5, 5.41) is 2.79. The van der Waals surface area contributed by atoms with Crippen molar-refractivity contribution in [2.45, 2.75) is 55.4 Å². The highest BCUT2D eigenvalue weighted by Crippen LogP contribution is 2.65. The molecule has 0 saturated heterocycles. The second-order valence-electron chi connectivity index (χ2n) is 8.41. The van der Waals surface area contributed by atoms with E-state index in [4.69, 9.17) is 0 Å². The molecule has 2 unspecified atom stereocenters. The lowest BCUT2D eigenvalue weighted by Crippen LogP contribution is -2.53. The molecule has 4 atom stereocenters. The fourth-order valence-corrected chi connectivity index (χ4v) is 7.34. The Morgan fingerprint density at radius 3 is 2.24 bits per heavy atom. The number of carbonyl (C=O) groups is 1. The van der Waals surface area contributed by atoms with Gasteiger partial charge in [-0.1, -0.05) is 15.9 Å². The van der Waals surface area contributed by atoms with E-state index in [9.17, 15) is 18.0 Å². The lowest BCUT2D eigenvalue weighted by molar-refractivity contribution is -0.137. The Morgan fingerprint density at radius 1 is 1.12 bits per heavy atom. The van der Waals surface area contributed by atoms with Gasteiger partial charge in [-0.25, -0.2) is 0 Å². The molecular weight excluding hydrogens is 395 g/mol. The molecule has 0 heterocycles. The zero-order chi connectivity index (χ0) is 17.9. The first-order chi connectivity index (χ1) is 11.6. The zero-order valence-electron chi connectivity index (χ0n) is 13.8. The maximum atomic E-state index is 12.6. The van der Waals surface area contributed by atoms with E-state index in [-0.39, 0.29) is 15.6 Å². The molecule has 25 heavy (non-hydrogen) atoms. The van der Waals surface area contributed by atoms with Crippen LogP contribution < -0.4 is 5.32 Å². The van der Waals surface area contributed by atoms with Gasteiger partial charge in [0.25, 0.3) is 0 Å². The van der Waals surface area contributed by atoms with Gasteiger partial charge in [0.15, 0.2) is 0 Å². The van der Waals surface area contributed by atoms with Crippen LogP contribution in [0.3, 0.4) is 0 Å². The summed E-state index contributed by atoms with van der Waals surface area (Å²) in [5.74, 6) is 1.33. The quantitative estimate of drug-likeness (QED) is 0.623. The molecule has 1 amide bonds. The number of benzene rings is 1. The highest BCUT2D eigenvalue weighted by molar-refractivity contribution is 9.10. The smallest absolute Gasteiger partial charge is 0.326 e. The van der Waals surface area contributed by atoms with Crippen LogP contribution in [0.5, 0.6) is 0 Å². The molecule has 4 aliphatic rings. The van der Waals surface area contributed by atoms with Crippen molar-refractivity contribution in [3.05, 3.63) is 29.8 Å². The van der Waals surface area contributed by atoms with Crippen LogP contribution in [-0.2, 0) is 11.0 Å². The molecule has 2 nitrogen and oxygen atoms in total. The lowest BCUT2D eigenvalue weighted by Gasteiger charge is -2.60. The number of rotatable bonds is 3. The molecule has 0 aromatic heterocycles. The minimum absolute atomic E-state index is 0.0591. The molecule has 1 aromatic rings. The van der Waals surface area contributed by atoms with E-state index in [2.05, 4.69) is 21.2 Å². The normalized spacial score (nSPS) is 36.5. The van der Waals surface area contributed by atoms with Crippen molar-refractivity contribution in [1.82, 2.24) is 0 Å². The number of alkyl halides is 4. The molecule has 1 aromatic carbocycles. The third kappa shape index (κ3) is 3.46. The molecule has 4 saturated carbocycles. The Bertz CT molecular complexity index is 671.